The van der Waals surface area contributed by atoms with Crippen molar-refractivity contribution in [3.8, 4) is 0 Å². The molecule has 2 atom stereocenters. The van der Waals surface area contributed by atoms with E-state index in [2.05, 4.69) is 10.1 Å². The van der Waals surface area contributed by atoms with Crippen LogP contribution in [-0.2, 0) is 4.79 Å². The molecule has 0 aliphatic heterocycles. The van der Waals surface area contributed by atoms with Crippen molar-refractivity contribution in [2.75, 3.05) is 0 Å². The second-order valence-electron chi connectivity index (χ2n) is 4.53. The van der Waals surface area contributed by atoms with E-state index in [1.807, 2.05) is 0 Å². The van der Waals surface area contributed by atoms with Crippen molar-refractivity contribution in [1.82, 2.24) is 10.1 Å². The van der Waals surface area contributed by atoms with Crippen molar-refractivity contribution in [2.45, 2.75) is 44.9 Å². The first-order valence-electron chi connectivity index (χ1n) is 5.66. The van der Waals surface area contributed by atoms with E-state index in [1.165, 1.54) is 6.42 Å². The average Bonchev–Trinajstić information content (AvgIpc) is 2.61. The molecule has 1 aromatic heterocycles. The molecule has 1 saturated carbocycles. The molecule has 2 rings (SSSR count). The van der Waals surface area contributed by atoms with Gasteiger partial charge in [0.25, 0.3) is 0 Å². The number of rotatable bonds is 4. The highest BCUT2D eigenvalue weighted by atomic mass is 16.5. The highest BCUT2D eigenvalue weighted by Crippen LogP contribution is 2.35. The molecule has 0 aromatic carbocycles. The zero-order valence-electron chi connectivity index (χ0n) is 9.51. The van der Waals surface area contributed by atoms with Crippen LogP contribution in [0.4, 0.5) is 0 Å². The fourth-order valence-corrected chi connectivity index (χ4v) is 1.69. The first-order valence-corrected chi connectivity index (χ1v) is 5.66. The van der Waals surface area contributed by atoms with E-state index in [0.717, 1.165) is 18.7 Å². The van der Waals surface area contributed by atoms with Gasteiger partial charge in [-0.15, -0.1) is 0 Å². The maximum atomic E-state index is 10.8. The lowest BCUT2D eigenvalue weighted by molar-refractivity contribution is -0.141. The second kappa shape index (κ2) is 4.23. The van der Waals surface area contributed by atoms with E-state index in [-0.39, 0.29) is 5.92 Å². The van der Waals surface area contributed by atoms with E-state index in [1.54, 1.807) is 13.8 Å². The van der Waals surface area contributed by atoms with Gasteiger partial charge in [0, 0.05) is 11.8 Å². The van der Waals surface area contributed by atoms with Crippen LogP contribution in [-0.4, -0.2) is 21.2 Å². The molecule has 1 fully saturated rings. The van der Waals surface area contributed by atoms with Gasteiger partial charge < -0.3 is 9.63 Å². The van der Waals surface area contributed by atoms with E-state index in [0.29, 0.717) is 11.8 Å². The molecule has 1 aliphatic rings. The summed E-state index contributed by atoms with van der Waals surface area (Å²) < 4.78 is 5.13. The first-order chi connectivity index (χ1) is 7.59. The van der Waals surface area contributed by atoms with Gasteiger partial charge in [-0.05, 0) is 12.8 Å². The van der Waals surface area contributed by atoms with Crippen LogP contribution in [0.5, 0.6) is 0 Å². The number of hydrogen-bond donors (Lipinski definition) is 1. The topological polar surface area (TPSA) is 76.2 Å². The number of aromatic nitrogens is 2. The van der Waals surface area contributed by atoms with Crippen LogP contribution >= 0.6 is 0 Å². The molecule has 0 amide bonds. The van der Waals surface area contributed by atoms with Crippen LogP contribution in [0.2, 0.25) is 0 Å². The summed E-state index contributed by atoms with van der Waals surface area (Å²) in [6.07, 6.45) is 3.44. The standard InChI is InChI=1S/C11H16N2O3/c1-6(7(2)11(14)15)10-12-9(13-16-10)8-4-3-5-8/h6-8H,3-5H2,1-2H3,(H,14,15). The zero-order valence-corrected chi connectivity index (χ0v) is 9.51. The lowest BCUT2D eigenvalue weighted by atomic mass is 9.85. The lowest BCUT2D eigenvalue weighted by Crippen LogP contribution is -2.17. The largest absolute Gasteiger partial charge is 0.481 e. The number of hydrogen-bond acceptors (Lipinski definition) is 4. The summed E-state index contributed by atoms with van der Waals surface area (Å²) >= 11 is 0. The van der Waals surface area contributed by atoms with Crippen molar-refractivity contribution in [1.29, 1.82) is 0 Å². The van der Waals surface area contributed by atoms with Gasteiger partial charge in [0.1, 0.15) is 0 Å². The summed E-state index contributed by atoms with van der Waals surface area (Å²) in [5.41, 5.74) is 0. The Morgan fingerprint density at radius 1 is 1.50 bits per heavy atom. The molecule has 0 spiro atoms. The minimum atomic E-state index is -0.837. The summed E-state index contributed by atoms with van der Waals surface area (Å²) in [6.45, 7) is 3.46. The normalized spacial score (nSPS) is 20.1. The monoisotopic (exact) mass is 224 g/mol. The average molecular weight is 224 g/mol. The Hall–Kier alpha value is -1.39. The third kappa shape index (κ3) is 1.94. The molecule has 5 nitrogen and oxygen atoms in total. The van der Waals surface area contributed by atoms with E-state index >= 15 is 0 Å². The fraction of sp³-hybridized carbons (Fsp3) is 0.727. The van der Waals surface area contributed by atoms with Gasteiger partial charge in [-0.3, -0.25) is 4.79 Å². The van der Waals surface area contributed by atoms with Crippen LogP contribution in [0.3, 0.4) is 0 Å². The van der Waals surface area contributed by atoms with Crippen LogP contribution in [0, 0.1) is 5.92 Å². The van der Waals surface area contributed by atoms with Crippen LogP contribution in [0.15, 0.2) is 4.52 Å². The van der Waals surface area contributed by atoms with E-state index in [9.17, 15) is 4.79 Å². The van der Waals surface area contributed by atoms with Gasteiger partial charge in [-0.1, -0.05) is 25.4 Å². The smallest absolute Gasteiger partial charge is 0.307 e. The lowest BCUT2D eigenvalue weighted by Gasteiger charge is -2.21. The first kappa shape index (κ1) is 11.1. The Kier molecular flexibility index (Phi) is 2.94. The molecule has 88 valence electrons. The van der Waals surface area contributed by atoms with Gasteiger partial charge in [0.15, 0.2) is 5.82 Å². The maximum absolute atomic E-state index is 10.8. The fourth-order valence-electron chi connectivity index (χ4n) is 1.69. The maximum Gasteiger partial charge on any atom is 0.307 e. The molecule has 16 heavy (non-hydrogen) atoms. The van der Waals surface area contributed by atoms with E-state index < -0.39 is 11.9 Å². The van der Waals surface area contributed by atoms with Gasteiger partial charge in [0.2, 0.25) is 5.89 Å². The minimum absolute atomic E-state index is 0.237. The highest BCUT2D eigenvalue weighted by molar-refractivity contribution is 5.70. The number of carboxylic acid groups (broad SMARTS) is 1. The second-order valence-corrected chi connectivity index (χ2v) is 4.53. The Balaban J connectivity index is 2.08. The predicted octanol–water partition coefficient (Wildman–Crippen LogP) is 2.16. The molecular formula is C11H16N2O3. The molecule has 5 heteroatoms. The SMILES string of the molecule is CC(C(=O)O)C(C)c1nc(C2CCC2)no1. The molecule has 1 N–H and O–H groups in total. The molecule has 1 aliphatic carbocycles. The van der Waals surface area contributed by atoms with E-state index in [4.69, 9.17) is 9.63 Å². The van der Waals surface area contributed by atoms with Crippen molar-refractivity contribution in [2.24, 2.45) is 5.92 Å². The molecular weight excluding hydrogens is 208 g/mol. The summed E-state index contributed by atoms with van der Waals surface area (Å²) in [4.78, 5) is 15.1. The van der Waals surface area contributed by atoms with Gasteiger partial charge >= 0.3 is 5.97 Å². The summed E-state index contributed by atoms with van der Waals surface area (Å²) in [6, 6.07) is 0. The third-order valence-electron chi connectivity index (χ3n) is 3.46. The number of aliphatic carboxylic acids is 1. The van der Waals surface area contributed by atoms with Crippen LogP contribution in [0.1, 0.15) is 56.7 Å². The molecule has 0 saturated heterocycles. The molecule has 2 unspecified atom stereocenters. The Bertz CT molecular complexity index is 384. The van der Waals surface area contributed by atoms with Gasteiger partial charge in [-0.25, -0.2) is 0 Å². The zero-order chi connectivity index (χ0) is 11.7. The molecule has 1 heterocycles. The third-order valence-corrected chi connectivity index (χ3v) is 3.46. The molecule has 0 radical (unpaired) electrons. The van der Waals surface area contributed by atoms with Crippen LogP contribution in [0.25, 0.3) is 0 Å². The van der Waals surface area contributed by atoms with Crippen molar-refractivity contribution >= 4 is 5.97 Å². The Labute approximate surface area is 93.9 Å². The van der Waals surface area contributed by atoms with Crippen LogP contribution < -0.4 is 0 Å². The summed E-state index contributed by atoms with van der Waals surface area (Å²) in [5, 5.41) is 12.8. The minimum Gasteiger partial charge on any atom is -0.481 e. The van der Waals surface area contributed by atoms with Gasteiger partial charge in [0.05, 0.1) is 5.92 Å². The highest BCUT2D eigenvalue weighted by Gasteiger charge is 2.29. The summed E-state index contributed by atoms with van der Waals surface area (Å²) in [7, 11) is 0. The predicted molar refractivity (Wildman–Crippen MR) is 56.1 cm³/mol. The van der Waals surface area contributed by atoms with Gasteiger partial charge in [-0.2, -0.15) is 4.98 Å². The molecule has 1 aromatic rings. The van der Waals surface area contributed by atoms with Crippen molar-refractivity contribution in [3.63, 3.8) is 0 Å². The number of carboxylic acids is 1. The summed E-state index contributed by atoms with van der Waals surface area (Å²) in [5.74, 6) is 0.0248. The quantitative estimate of drug-likeness (QED) is 0.848. The Morgan fingerprint density at radius 3 is 2.69 bits per heavy atom. The molecule has 0 bridgehead atoms. The van der Waals surface area contributed by atoms with Crippen molar-refractivity contribution < 1.29 is 14.4 Å². The number of carbonyl (C=O) groups is 1. The number of nitrogens with zero attached hydrogens (tertiary/aromatic N) is 2. The van der Waals surface area contributed by atoms with Crippen molar-refractivity contribution in [3.05, 3.63) is 11.7 Å². The Morgan fingerprint density at radius 2 is 2.19 bits per heavy atom.